The molecule has 0 saturated heterocycles. The summed E-state index contributed by atoms with van der Waals surface area (Å²) >= 11 is 0. The number of benzene rings is 1. The zero-order valence-electron chi connectivity index (χ0n) is 12.8. The Morgan fingerprint density at radius 1 is 1.32 bits per heavy atom. The minimum Gasteiger partial charge on any atom is -0.342 e. The van der Waals surface area contributed by atoms with E-state index in [1.165, 1.54) is 13.0 Å². The van der Waals surface area contributed by atoms with Crippen molar-refractivity contribution < 1.29 is 18.1 Å². The SMILES string of the molecule is Cc1noc(C(C)(C)NC(=O)C(C)c2c(F)cccc2F)n1. The van der Waals surface area contributed by atoms with E-state index in [9.17, 15) is 13.6 Å². The molecule has 1 heterocycles. The highest BCUT2D eigenvalue weighted by Crippen LogP contribution is 2.25. The summed E-state index contributed by atoms with van der Waals surface area (Å²) in [6, 6.07) is 3.49. The van der Waals surface area contributed by atoms with E-state index in [1.54, 1.807) is 20.8 Å². The number of halogens is 2. The smallest absolute Gasteiger partial charge is 0.251 e. The fourth-order valence-corrected chi connectivity index (χ4v) is 2.08. The lowest BCUT2D eigenvalue weighted by Crippen LogP contribution is -2.43. The molecule has 0 aliphatic rings. The molecule has 1 amide bonds. The molecule has 0 aliphatic carbocycles. The number of aromatic nitrogens is 2. The third-order valence-electron chi connectivity index (χ3n) is 3.32. The standard InChI is InChI=1S/C15H17F2N3O2/c1-8(12-10(16)6-5-7-11(12)17)13(21)19-15(3,4)14-18-9(2)20-22-14/h5-8H,1-4H3,(H,19,21). The molecule has 118 valence electrons. The first-order valence-electron chi connectivity index (χ1n) is 6.79. The first-order valence-corrected chi connectivity index (χ1v) is 6.79. The summed E-state index contributed by atoms with van der Waals surface area (Å²) < 4.78 is 32.6. The summed E-state index contributed by atoms with van der Waals surface area (Å²) in [6.07, 6.45) is 0. The van der Waals surface area contributed by atoms with Crippen molar-refractivity contribution in [2.75, 3.05) is 0 Å². The van der Waals surface area contributed by atoms with Gasteiger partial charge in [-0.3, -0.25) is 4.79 Å². The fraction of sp³-hybridized carbons (Fsp3) is 0.400. The third kappa shape index (κ3) is 3.13. The largest absolute Gasteiger partial charge is 0.342 e. The Morgan fingerprint density at radius 2 is 1.91 bits per heavy atom. The topological polar surface area (TPSA) is 68.0 Å². The van der Waals surface area contributed by atoms with Crippen molar-refractivity contribution in [2.45, 2.75) is 39.2 Å². The summed E-state index contributed by atoms with van der Waals surface area (Å²) in [7, 11) is 0. The maximum atomic E-state index is 13.8. The van der Waals surface area contributed by atoms with E-state index in [4.69, 9.17) is 4.52 Å². The van der Waals surface area contributed by atoms with E-state index in [1.807, 2.05) is 0 Å². The highest BCUT2D eigenvalue weighted by atomic mass is 19.1. The fourth-order valence-electron chi connectivity index (χ4n) is 2.08. The summed E-state index contributed by atoms with van der Waals surface area (Å²) in [4.78, 5) is 16.4. The average molecular weight is 309 g/mol. The predicted octanol–water partition coefficient (Wildman–Crippen LogP) is 2.81. The van der Waals surface area contributed by atoms with E-state index in [0.29, 0.717) is 5.82 Å². The maximum absolute atomic E-state index is 13.8. The first kappa shape index (κ1) is 16.1. The molecule has 0 aliphatic heterocycles. The van der Waals surface area contributed by atoms with Gasteiger partial charge in [-0.2, -0.15) is 4.98 Å². The second-order valence-corrected chi connectivity index (χ2v) is 5.62. The molecule has 0 bridgehead atoms. The number of amides is 1. The normalized spacial score (nSPS) is 13.0. The lowest BCUT2D eigenvalue weighted by molar-refractivity contribution is -0.124. The van der Waals surface area contributed by atoms with Gasteiger partial charge in [-0.15, -0.1) is 0 Å². The second kappa shape index (κ2) is 5.82. The number of nitrogens with one attached hydrogen (secondary N) is 1. The highest BCUT2D eigenvalue weighted by molar-refractivity contribution is 5.84. The van der Waals surface area contributed by atoms with Crippen molar-refractivity contribution in [1.82, 2.24) is 15.5 Å². The highest BCUT2D eigenvalue weighted by Gasteiger charge is 2.32. The van der Waals surface area contributed by atoms with Crippen molar-refractivity contribution >= 4 is 5.91 Å². The molecular formula is C15H17F2N3O2. The van der Waals surface area contributed by atoms with Gasteiger partial charge in [0, 0.05) is 5.56 Å². The van der Waals surface area contributed by atoms with Crippen LogP contribution in [0, 0.1) is 18.6 Å². The van der Waals surface area contributed by atoms with Gasteiger partial charge < -0.3 is 9.84 Å². The van der Waals surface area contributed by atoms with Crippen LogP contribution in [0.2, 0.25) is 0 Å². The molecule has 1 unspecified atom stereocenters. The Kier molecular flexibility index (Phi) is 4.25. The molecule has 22 heavy (non-hydrogen) atoms. The molecule has 0 fully saturated rings. The number of hydrogen-bond donors (Lipinski definition) is 1. The predicted molar refractivity (Wildman–Crippen MR) is 75.0 cm³/mol. The maximum Gasteiger partial charge on any atom is 0.251 e. The minimum atomic E-state index is -0.996. The Morgan fingerprint density at radius 3 is 2.41 bits per heavy atom. The molecule has 2 aromatic rings. The number of hydrogen-bond acceptors (Lipinski definition) is 4. The monoisotopic (exact) mass is 309 g/mol. The van der Waals surface area contributed by atoms with Crippen LogP contribution in [0.25, 0.3) is 0 Å². The molecule has 1 N–H and O–H groups in total. The Labute approximate surface area is 126 Å². The van der Waals surface area contributed by atoms with Gasteiger partial charge in [0.05, 0.1) is 5.92 Å². The Bertz CT molecular complexity index is 678. The van der Waals surface area contributed by atoms with Crippen LogP contribution in [0.5, 0.6) is 0 Å². The van der Waals surface area contributed by atoms with Gasteiger partial charge in [0.1, 0.15) is 17.2 Å². The van der Waals surface area contributed by atoms with Gasteiger partial charge in [-0.1, -0.05) is 11.2 Å². The third-order valence-corrected chi connectivity index (χ3v) is 3.32. The molecule has 1 aromatic carbocycles. The number of aryl methyl sites for hydroxylation is 1. The van der Waals surface area contributed by atoms with Crippen molar-refractivity contribution in [3.8, 4) is 0 Å². The minimum absolute atomic E-state index is 0.222. The number of nitrogens with zero attached hydrogens (tertiary/aromatic N) is 2. The molecule has 0 saturated carbocycles. The molecular weight excluding hydrogens is 292 g/mol. The van der Waals surface area contributed by atoms with Crippen LogP contribution in [0.3, 0.4) is 0 Å². The first-order chi connectivity index (χ1) is 10.2. The Hall–Kier alpha value is -2.31. The molecule has 1 aromatic heterocycles. The van der Waals surface area contributed by atoms with Gasteiger partial charge in [-0.05, 0) is 39.8 Å². The summed E-state index contributed by atoms with van der Waals surface area (Å²) in [6.45, 7) is 6.43. The lowest BCUT2D eigenvalue weighted by Gasteiger charge is -2.24. The molecule has 0 radical (unpaired) electrons. The van der Waals surface area contributed by atoms with Crippen molar-refractivity contribution in [1.29, 1.82) is 0 Å². The van der Waals surface area contributed by atoms with Gasteiger partial charge in [0.15, 0.2) is 5.82 Å². The molecule has 7 heteroatoms. The Balaban J connectivity index is 2.21. The van der Waals surface area contributed by atoms with Crippen molar-refractivity contribution in [2.24, 2.45) is 0 Å². The number of carbonyl (C=O) groups excluding carboxylic acids is 1. The van der Waals surface area contributed by atoms with E-state index in [0.717, 1.165) is 12.1 Å². The summed E-state index contributed by atoms with van der Waals surface area (Å²) in [5.74, 6) is -2.39. The van der Waals surface area contributed by atoms with Crippen molar-refractivity contribution in [3.05, 3.63) is 47.1 Å². The van der Waals surface area contributed by atoms with Crippen LogP contribution >= 0.6 is 0 Å². The van der Waals surface area contributed by atoms with E-state index in [2.05, 4.69) is 15.5 Å². The average Bonchev–Trinajstić information content (AvgIpc) is 2.85. The van der Waals surface area contributed by atoms with Crippen LogP contribution in [0.15, 0.2) is 22.7 Å². The summed E-state index contributed by atoms with van der Waals surface area (Å²) in [5.41, 5.74) is -1.22. The van der Waals surface area contributed by atoms with Crippen LogP contribution in [0.4, 0.5) is 8.78 Å². The van der Waals surface area contributed by atoms with Crippen LogP contribution < -0.4 is 5.32 Å². The molecule has 5 nitrogen and oxygen atoms in total. The van der Waals surface area contributed by atoms with Gasteiger partial charge >= 0.3 is 0 Å². The molecule has 2 rings (SSSR count). The van der Waals surface area contributed by atoms with E-state index >= 15 is 0 Å². The van der Waals surface area contributed by atoms with Crippen LogP contribution in [0.1, 0.15) is 44.0 Å². The van der Waals surface area contributed by atoms with Gasteiger partial charge in [0.2, 0.25) is 5.91 Å². The molecule has 1 atom stereocenters. The quantitative estimate of drug-likeness (QED) is 0.943. The number of rotatable bonds is 4. The number of carbonyl (C=O) groups is 1. The van der Waals surface area contributed by atoms with Gasteiger partial charge in [0.25, 0.3) is 5.89 Å². The van der Waals surface area contributed by atoms with Crippen LogP contribution in [-0.4, -0.2) is 16.0 Å². The van der Waals surface area contributed by atoms with Gasteiger partial charge in [-0.25, -0.2) is 8.78 Å². The van der Waals surface area contributed by atoms with E-state index < -0.39 is 29.0 Å². The zero-order chi connectivity index (χ0) is 16.5. The summed E-state index contributed by atoms with van der Waals surface area (Å²) in [5, 5.41) is 6.33. The zero-order valence-corrected chi connectivity index (χ0v) is 12.8. The molecule has 0 spiro atoms. The lowest BCUT2D eigenvalue weighted by atomic mass is 9.96. The van der Waals surface area contributed by atoms with Crippen LogP contribution in [-0.2, 0) is 10.3 Å². The van der Waals surface area contributed by atoms with Crippen molar-refractivity contribution in [3.63, 3.8) is 0 Å². The van der Waals surface area contributed by atoms with E-state index in [-0.39, 0.29) is 11.5 Å². The second-order valence-electron chi connectivity index (χ2n) is 5.62.